The largest absolute Gasteiger partial charge is 0.394 e. The van der Waals surface area contributed by atoms with E-state index in [0.29, 0.717) is 12.8 Å². The summed E-state index contributed by atoms with van der Waals surface area (Å²) < 4.78 is 11.4. The second-order valence-electron chi connectivity index (χ2n) is 26.8. The van der Waals surface area contributed by atoms with Gasteiger partial charge in [0.25, 0.3) is 0 Å². The summed E-state index contributed by atoms with van der Waals surface area (Å²) in [5.74, 6) is -0.137. The van der Waals surface area contributed by atoms with Crippen LogP contribution in [-0.2, 0) is 14.3 Å². The smallest absolute Gasteiger partial charge is 0.220 e. The molecule has 1 fully saturated rings. The quantitative estimate of drug-likeness (QED) is 0.0261. The topological polar surface area (TPSA) is 149 Å². The van der Waals surface area contributed by atoms with E-state index in [1.54, 1.807) is 0 Å². The summed E-state index contributed by atoms with van der Waals surface area (Å²) in [6.45, 7) is 3.77. The van der Waals surface area contributed by atoms with Crippen LogP contribution in [0, 0.1) is 0 Å². The number of amides is 1. The van der Waals surface area contributed by atoms with Gasteiger partial charge in [-0.2, -0.15) is 0 Å². The minimum absolute atomic E-state index is 0.135. The fraction of sp³-hybridized carbons (Fsp3) is 0.838. The monoisotopic (exact) mass is 1250 g/mol. The Balaban J connectivity index is 2.04. The fourth-order valence-electron chi connectivity index (χ4n) is 12.3. The van der Waals surface area contributed by atoms with Crippen molar-refractivity contribution in [3.63, 3.8) is 0 Å². The minimum Gasteiger partial charge on any atom is -0.394 e. The van der Waals surface area contributed by atoms with E-state index in [0.717, 1.165) is 77.0 Å². The van der Waals surface area contributed by atoms with Gasteiger partial charge >= 0.3 is 0 Å². The van der Waals surface area contributed by atoms with Gasteiger partial charge in [-0.05, 0) is 64.2 Å². The Morgan fingerprint density at radius 3 is 1.03 bits per heavy atom. The number of nitrogens with one attached hydrogen (secondary N) is 1. The first-order chi connectivity index (χ1) is 43.8. The Bertz CT molecular complexity index is 1640. The summed E-state index contributed by atoms with van der Waals surface area (Å²) >= 11 is 0. The SMILES string of the molecule is CC/C=C\C/C=C\C/C=C\C/C=C\C/C=C\C/C=C\CCCCCCCCCCCCCCCCCCCCCCCCC(=O)NC(COC1OC(CO)C(O)C(O)C1O)C(O)CCCCCCCCCCCCCCCCCCCCCCCCCCC. The van der Waals surface area contributed by atoms with Crippen LogP contribution in [-0.4, -0.2) is 87.5 Å². The molecule has 9 heteroatoms. The molecule has 1 rings (SSSR count). The van der Waals surface area contributed by atoms with Gasteiger partial charge in [0.05, 0.1) is 25.4 Å². The van der Waals surface area contributed by atoms with Crippen LogP contribution in [0.3, 0.4) is 0 Å². The molecule has 0 spiro atoms. The Morgan fingerprint density at radius 2 is 0.697 bits per heavy atom. The molecule has 89 heavy (non-hydrogen) atoms. The van der Waals surface area contributed by atoms with E-state index in [1.807, 2.05) is 0 Å². The second kappa shape index (κ2) is 68.5. The average Bonchev–Trinajstić information content (AvgIpc) is 2.59. The third-order valence-corrected chi connectivity index (χ3v) is 18.3. The number of hydrogen-bond donors (Lipinski definition) is 6. The van der Waals surface area contributed by atoms with Crippen molar-refractivity contribution in [2.75, 3.05) is 13.2 Å². The highest BCUT2D eigenvalue weighted by atomic mass is 16.7. The molecule has 0 aromatic rings. The molecule has 0 radical (unpaired) electrons. The maximum atomic E-state index is 13.2. The van der Waals surface area contributed by atoms with E-state index < -0.39 is 49.5 Å². The number of rotatable bonds is 68. The van der Waals surface area contributed by atoms with Crippen molar-refractivity contribution in [1.29, 1.82) is 0 Å². The zero-order chi connectivity index (χ0) is 64.2. The van der Waals surface area contributed by atoms with Crippen molar-refractivity contribution >= 4 is 5.91 Å². The lowest BCUT2D eigenvalue weighted by molar-refractivity contribution is -0.302. The summed E-state index contributed by atoms with van der Waals surface area (Å²) in [5, 5.41) is 55.0. The first-order valence-corrected chi connectivity index (χ1v) is 38.6. The van der Waals surface area contributed by atoms with Crippen molar-refractivity contribution in [2.45, 2.75) is 416 Å². The third kappa shape index (κ3) is 56.9. The molecule has 7 unspecified atom stereocenters. The maximum absolute atomic E-state index is 13.2. The molecule has 0 aromatic carbocycles. The molecule has 1 heterocycles. The van der Waals surface area contributed by atoms with E-state index in [-0.39, 0.29) is 12.5 Å². The lowest BCUT2D eigenvalue weighted by Crippen LogP contribution is -2.60. The fourth-order valence-corrected chi connectivity index (χ4v) is 12.3. The molecule has 7 atom stereocenters. The lowest BCUT2D eigenvalue weighted by atomic mass is 9.99. The van der Waals surface area contributed by atoms with Crippen LogP contribution in [0.5, 0.6) is 0 Å². The number of carbonyl (C=O) groups is 1. The van der Waals surface area contributed by atoms with Gasteiger partial charge in [0.1, 0.15) is 24.4 Å². The number of aliphatic hydroxyl groups excluding tert-OH is 5. The first-order valence-electron chi connectivity index (χ1n) is 38.6. The lowest BCUT2D eigenvalue weighted by Gasteiger charge is -2.40. The molecule has 0 aromatic heterocycles. The van der Waals surface area contributed by atoms with Gasteiger partial charge in [0.2, 0.25) is 5.91 Å². The van der Waals surface area contributed by atoms with Crippen molar-refractivity contribution in [2.24, 2.45) is 0 Å². The molecule has 1 amide bonds. The number of hydrogen-bond acceptors (Lipinski definition) is 8. The molecule has 1 aliphatic rings. The van der Waals surface area contributed by atoms with Gasteiger partial charge in [-0.1, -0.05) is 376 Å². The van der Waals surface area contributed by atoms with Crippen LogP contribution in [0.4, 0.5) is 0 Å². The number of allylic oxidation sites excluding steroid dienone is 12. The molecule has 9 nitrogen and oxygen atoms in total. The number of unbranched alkanes of at least 4 members (excludes halogenated alkanes) is 46. The molecular formula is C80H147NO8. The first kappa shape index (κ1) is 84.6. The summed E-state index contributed by atoms with van der Waals surface area (Å²) in [6.07, 6.45) is 90.0. The van der Waals surface area contributed by atoms with E-state index in [9.17, 15) is 30.3 Å². The molecule has 520 valence electrons. The number of aliphatic hydroxyl groups is 5. The van der Waals surface area contributed by atoms with Crippen LogP contribution in [0.15, 0.2) is 72.9 Å². The van der Waals surface area contributed by atoms with Crippen LogP contribution in [0.25, 0.3) is 0 Å². The van der Waals surface area contributed by atoms with Crippen molar-refractivity contribution in [1.82, 2.24) is 5.32 Å². The molecule has 0 bridgehead atoms. The third-order valence-electron chi connectivity index (χ3n) is 18.3. The van der Waals surface area contributed by atoms with Gasteiger partial charge in [-0.25, -0.2) is 0 Å². The Labute approximate surface area is 550 Å². The van der Waals surface area contributed by atoms with Gasteiger partial charge in [0.15, 0.2) is 6.29 Å². The highest BCUT2D eigenvalue weighted by molar-refractivity contribution is 5.76. The predicted molar refractivity (Wildman–Crippen MR) is 382 cm³/mol. The predicted octanol–water partition coefficient (Wildman–Crippen LogP) is 21.9. The van der Waals surface area contributed by atoms with Crippen molar-refractivity contribution in [3.05, 3.63) is 72.9 Å². The van der Waals surface area contributed by atoms with Crippen LogP contribution >= 0.6 is 0 Å². The second-order valence-corrected chi connectivity index (χ2v) is 26.8. The van der Waals surface area contributed by atoms with E-state index >= 15 is 0 Å². The minimum atomic E-state index is -1.55. The Kier molecular flexibility index (Phi) is 65.1. The Hall–Kier alpha value is -2.37. The molecular weight excluding hydrogens is 1100 g/mol. The standard InChI is InChI=1S/C80H147NO8/c1-3-5-7-9-11-13-15-17-19-21-23-25-27-29-30-31-32-33-34-35-36-37-38-39-40-41-42-43-44-46-48-50-52-54-56-58-60-62-64-66-68-70-76(84)81-73(72-88-80-79(87)78(86)77(85)75(71-82)89-80)74(83)69-67-65-63-61-59-57-55-53-51-49-47-45-28-26-24-22-20-18-16-14-12-10-8-6-4-2/h5,7,11,13,17,19,23,25,29-30,32-33,73-75,77-80,82-83,85-87H,3-4,6,8-10,12,14-16,18,20-22,24,26-28,31,34-72H2,1-2H3,(H,81,84)/b7-5-,13-11-,19-17-,25-23-,30-29-,33-32-. The summed E-state index contributed by atoms with van der Waals surface area (Å²) in [5.41, 5.74) is 0. The Morgan fingerprint density at radius 1 is 0.393 bits per heavy atom. The van der Waals surface area contributed by atoms with Crippen LogP contribution in [0.2, 0.25) is 0 Å². The van der Waals surface area contributed by atoms with Crippen molar-refractivity contribution in [3.8, 4) is 0 Å². The zero-order valence-corrected chi connectivity index (χ0v) is 58.4. The van der Waals surface area contributed by atoms with E-state index in [4.69, 9.17) is 9.47 Å². The molecule has 1 saturated heterocycles. The zero-order valence-electron chi connectivity index (χ0n) is 58.4. The van der Waals surface area contributed by atoms with E-state index in [2.05, 4.69) is 92.1 Å². The summed E-state index contributed by atoms with van der Waals surface area (Å²) in [4.78, 5) is 13.2. The van der Waals surface area contributed by atoms with Gasteiger partial charge in [-0.15, -0.1) is 0 Å². The number of carbonyl (C=O) groups excluding carboxylic acids is 1. The highest BCUT2D eigenvalue weighted by Gasteiger charge is 2.44. The highest BCUT2D eigenvalue weighted by Crippen LogP contribution is 2.24. The van der Waals surface area contributed by atoms with Gasteiger partial charge in [0, 0.05) is 6.42 Å². The normalized spacial score (nSPS) is 18.2. The molecule has 0 aliphatic carbocycles. The molecule has 6 N–H and O–H groups in total. The van der Waals surface area contributed by atoms with Crippen LogP contribution in [0.1, 0.15) is 373 Å². The van der Waals surface area contributed by atoms with Crippen molar-refractivity contribution < 1.29 is 39.8 Å². The molecule has 1 aliphatic heterocycles. The van der Waals surface area contributed by atoms with Gasteiger partial charge in [-0.3, -0.25) is 4.79 Å². The van der Waals surface area contributed by atoms with Crippen LogP contribution < -0.4 is 5.32 Å². The van der Waals surface area contributed by atoms with Gasteiger partial charge < -0.3 is 40.3 Å². The number of ether oxygens (including phenoxy) is 2. The summed E-state index contributed by atoms with van der Waals surface area (Å²) in [6, 6.07) is -0.721. The maximum Gasteiger partial charge on any atom is 0.220 e. The molecule has 0 saturated carbocycles. The average molecular weight is 1250 g/mol. The van der Waals surface area contributed by atoms with E-state index in [1.165, 1.54) is 270 Å². The summed E-state index contributed by atoms with van der Waals surface area (Å²) in [7, 11) is 0.